The Balaban J connectivity index is 1.29. The number of hydrogen-bond acceptors (Lipinski definition) is 8. The fourth-order valence-corrected chi connectivity index (χ4v) is 4.83. The molecule has 5 aromatic rings. The molecule has 1 aliphatic carbocycles. The van der Waals surface area contributed by atoms with E-state index in [2.05, 4.69) is 30.7 Å². The summed E-state index contributed by atoms with van der Waals surface area (Å²) in [6.07, 6.45) is 1.78. The van der Waals surface area contributed by atoms with Crippen LogP contribution < -0.4 is 16.4 Å². The molecule has 5 aromatic heterocycles. The van der Waals surface area contributed by atoms with Gasteiger partial charge >= 0.3 is 12.2 Å². The van der Waals surface area contributed by atoms with Crippen molar-refractivity contribution in [1.29, 1.82) is 0 Å². The van der Waals surface area contributed by atoms with Crippen LogP contribution in [0.5, 0.6) is 0 Å². The number of alkyl halides is 3. The van der Waals surface area contributed by atoms with Crippen LogP contribution in [0.4, 0.5) is 35.3 Å². The first-order valence-electron chi connectivity index (χ1n) is 12.3. The number of carbonyl (C=O) groups is 1. The van der Waals surface area contributed by atoms with Crippen LogP contribution in [0.25, 0.3) is 27.9 Å². The average Bonchev–Trinajstić information content (AvgIpc) is 3.18. The SMILES string of the molecule is CC(C)(O)Cn1cc(-c2ccc(NC(=O)Nc3cc(C4(C(F)(F)F)CC4)on3)c3nccn23)c2c(N)ncnc21. The van der Waals surface area contributed by atoms with Gasteiger partial charge in [-0.15, -0.1) is 0 Å². The molecule has 0 saturated heterocycles. The van der Waals surface area contributed by atoms with Gasteiger partial charge in [-0.3, -0.25) is 9.72 Å². The van der Waals surface area contributed by atoms with Crippen LogP contribution in [0, 0.1) is 0 Å². The van der Waals surface area contributed by atoms with E-state index in [4.69, 9.17) is 10.3 Å². The molecule has 1 saturated carbocycles. The summed E-state index contributed by atoms with van der Waals surface area (Å²) in [7, 11) is 0. The third-order valence-corrected chi connectivity index (χ3v) is 6.83. The molecule has 2 amide bonds. The second kappa shape index (κ2) is 8.67. The Morgan fingerprint density at radius 3 is 2.65 bits per heavy atom. The summed E-state index contributed by atoms with van der Waals surface area (Å²) < 4.78 is 48.6. The Morgan fingerprint density at radius 1 is 1.18 bits per heavy atom. The van der Waals surface area contributed by atoms with E-state index in [-0.39, 0.29) is 36.8 Å². The van der Waals surface area contributed by atoms with Crippen LogP contribution in [0.1, 0.15) is 32.4 Å². The van der Waals surface area contributed by atoms with Crippen molar-refractivity contribution in [3.8, 4) is 11.3 Å². The van der Waals surface area contributed by atoms with Gasteiger partial charge in [0.2, 0.25) is 0 Å². The van der Waals surface area contributed by atoms with Gasteiger partial charge < -0.3 is 25.2 Å². The number of amides is 2. The predicted molar refractivity (Wildman–Crippen MR) is 139 cm³/mol. The van der Waals surface area contributed by atoms with E-state index in [1.54, 1.807) is 47.3 Å². The number of nitrogens with one attached hydrogen (secondary N) is 2. The van der Waals surface area contributed by atoms with E-state index in [1.165, 1.54) is 6.33 Å². The number of anilines is 3. The Labute approximate surface area is 224 Å². The van der Waals surface area contributed by atoms with Crippen molar-refractivity contribution in [1.82, 2.24) is 29.1 Å². The number of nitrogen functional groups attached to an aromatic ring is 1. The van der Waals surface area contributed by atoms with Crippen LogP contribution in [-0.4, -0.2) is 52.0 Å². The number of aromatic nitrogens is 6. The maximum absolute atomic E-state index is 13.4. The Hall–Kier alpha value is -4.66. The minimum absolute atomic E-state index is 0.0876. The highest BCUT2D eigenvalue weighted by atomic mass is 19.4. The molecule has 0 spiro atoms. The molecule has 40 heavy (non-hydrogen) atoms. The monoisotopic (exact) mass is 555 g/mol. The number of imidazole rings is 1. The van der Waals surface area contributed by atoms with Crippen molar-refractivity contribution in [2.75, 3.05) is 16.4 Å². The van der Waals surface area contributed by atoms with Gasteiger partial charge in [0.25, 0.3) is 0 Å². The van der Waals surface area contributed by atoms with Gasteiger partial charge in [-0.25, -0.2) is 19.7 Å². The minimum atomic E-state index is -4.46. The number of rotatable bonds is 6. The molecular formula is C25H24F3N9O3. The second-order valence-electron chi connectivity index (χ2n) is 10.4. The first kappa shape index (κ1) is 25.6. The lowest BCUT2D eigenvalue weighted by atomic mass is 10.0. The molecule has 1 aliphatic rings. The number of nitrogens with two attached hydrogens (primary N) is 1. The quantitative estimate of drug-likeness (QED) is 0.241. The van der Waals surface area contributed by atoms with Gasteiger partial charge in [-0.05, 0) is 38.8 Å². The Bertz CT molecular complexity index is 1760. The van der Waals surface area contributed by atoms with Crippen molar-refractivity contribution < 1.29 is 27.6 Å². The topological polar surface area (TPSA) is 161 Å². The summed E-state index contributed by atoms with van der Waals surface area (Å²) in [4.78, 5) is 25.6. The normalized spacial score (nSPS) is 15.1. The van der Waals surface area contributed by atoms with E-state index in [0.717, 1.165) is 6.07 Å². The van der Waals surface area contributed by atoms with Crippen LogP contribution >= 0.6 is 0 Å². The zero-order chi connectivity index (χ0) is 28.4. The van der Waals surface area contributed by atoms with E-state index in [0.29, 0.717) is 33.6 Å². The van der Waals surface area contributed by atoms with Crippen molar-refractivity contribution in [2.45, 2.75) is 50.4 Å². The summed E-state index contributed by atoms with van der Waals surface area (Å²) in [5.74, 6) is -0.216. The van der Waals surface area contributed by atoms with E-state index < -0.39 is 23.2 Å². The third-order valence-electron chi connectivity index (χ3n) is 6.83. The Morgan fingerprint density at radius 2 is 1.95 bits per heavy atom. The molecule has 0 aromatic carbocycles. The number of nitrogens with zero attached hydrogens (tertiary/aromatic N) is 6. The fourth-order valence-electron chi connectivity index (χ4n) is 4.83. The highest BCUT2D eigenvalue weighted by Gasteiger charge is 2.66. The maximum atomic E-state index is 13.4. The lowest BCUT2D eigenvalue weighted by molar-refractivity contribution is -0.165. The molecule has 6 rings (SSSR count). The van der Waals surface area contributed by atoms with Gasteiger partial charge in [-0.2, -0.15) is 13.2 Å². The molecule has 0 radical (unpaired) electrons. The standard InChI is InChI=1S/C25H24F3N9O3/c1-23(2,39)11-36-10-13(18-19(29)31-12-32-21(18)36)15-4-3-14(20-30-7-8-37(15)20)33-22(38)34-17-9-16(40-35-17)24(5-6-24)25(26,27)28/h3-4,7-10,12,39H,5-6,11H2,1-2H3,(H2,29,31,32)(H2,33,34,35,38). The van der Waals surface area contributed by atoms with Gasteiger partial charge in [0.15, 0.2) is 17.2 Å². The molecule has 0 aliphatic heterocycles. The Kier molecular flexibility index (Phi) is 5.55. The highest BCUT2D eigenvalue weighted by Crippen LogP contribution is 2.59. The number of aliphatic hydroxyl groups is 1. The van der Waals surface area contributed by atoms with Gasteiger partial charge in [0.05, 0.1) is 28.9 Å². The molecular weight excluding hydrogens is 531 g/mol. The summed E-state index contributed by atoms with van der Waals surface area (Å²) in [6.45, 7) is 3.62. The molecule has 1 fully saturated rings. The second-order valence-corrected chi connectivity index (χ2v) is 10.4. The first-order chi connectivity index (χ1) is 18.9. The number of urea groups is 1. The van der Waals surface area contributed by atoms with Crippen molar-refractivity contribution in [3.05, 3.63) is 48.9 Å². The molecule has 208 valence electrons. The summed E-state index contributed by atoms with van der Waals surface area (Å²) in [5, 5.41) is 19.6. The molecule has 0 atom stereocenters. The van der Waals surface area contributed by atoms with Crippen LogP contribution in [0.2, 0.25) is 0 Å². The minimum Gasteiger partial charge on any atom is -0.389 e. The number of pyridine rings is 1. The molecule has 15 heteroatoms. The maximum Gasteiger partial charge on any atom is 0.401 e. The largest absolute Gasteiger partial charge is 0.401 e. The van der Waals surface area contributed by atoms with Crippen LogP contribution in [0.3, 0.4) is 0 Å². The molecule has 0 bridgehead atoms. The van der Waals surface area contributed by atoms with Crippen LogP contribution in [-0.2, 0) is 12.0 Å². The summed E-state index contributed by atoms with van der Waals surface area (Å²) >= 11 is 0. The lowest BCUT2D eigenvalue weighted by Crippen LogP contribution is -2.28. The zero-order valence-corrected chi connectivity index (χ0v) is 21.3. The van der Waals surface area contributed by atoms with Crippen molar-refractivity contribution in [3.63, 3.8) is 0 Å². The average molecular weight is 556 g/mol. The summed E-state index contributed by atoms with van der Waals surface area (Å²) in [5.41, 5.74) is 5.78. The van der Waals surface area contributed by atoms with Gasteiger partial charge in [-0.1, -0.05) is 5.16 Å². The van der Waals surface area contributed by atoms with Gasteiger partial charge in [0, 0.05) is 30.2 Å². The zero-order valence-electron chi connectivity index (χ0n) is 21.3. The molecule has 5 N–H and O–H groups in total. The third kappa shape index (κ3) is 4.27. The van der Waals surface area contributed by atoms with Crippen molar-refractivity contribution in [2.24, 2.45) is 0 Å². The van der Waals surface area contributed by atoms with E-state index in [9.17, 15) is 23.1 Å². The predicted octanol–water partition coefficient (Wildman–Crippen LogP) is 4.33. The fraction of sp³-hybridized carbons (Fsp3) is 0.320. The molecule has 5 heterocycles. The molecule has 0 unspecified atom stereocenters. The summed E-state index contributed by atoms with van der Waals surface area (Å²) in [6, 6.07) is 3.72. The number of carbonyl (C=O) groups excluding carboxylic acids is 1. The number of hydrogen-bond donors (Lipinski definition) is 4. The number of halogens is 3. The highest BCUT2D eigenvalue weighted by molar-refractivity contribution is 6.03. The molecule has 12 nitrogen and oxygen atoms in total. The number of fused-ring (bicyclic) bond motifs is 2. The van der Waals surface area contributed by atoms with Gasteiger partial charge in [0.1, 0.15) is 23.2 Å². The smallest absolute Gasteiger partial charge is 0.389 e. The first-order valence-corrected chi connectivity index (χ1v) is 12.3. The van der Waals surface area contributed by atoms with E-state index >= 15 is 0 Å². The van der Waals surface area contributed by atoms with E-state index in [1.807, 2.05) is 6.20 Å². The van der Waals surface area contributed by atoms with Crippen molar-refractivity contribution >= 4 is 40.0 Å². The van der Waals surface area contributed by atoms with Crippen LogP contribution in [0.15, 0.2) is 47.6 Å². The lowest BCUT2D eigenvalue weighted by Gasteiger charge is -2.18.